The molecule has 0 amide bonds. The van der Waals surface area contributed by atoms with Crippen LogP contribution in [0.3, 0.4) is 0 Å². The molecule has 0 radical (unpaired) electrons. The molecule has 2 N–H and O–H groups in total. The van der Waals surface area contributed by atoms with Crippen LogP contribution >= 0.6 is 23.8 Å². The Morgan fingerprint density at radius 3 is 2.17 bits per heavy atom. The summed E-state index contributed by atoms with van der Waals surface area (Å²) in [7, 11) is 0. The smallest absolute Gasteiger partial charge is 0.187 e. The van der Waals surface area contributed by atoms with Gasteiger partial charge in [0, 0.05) is 10.6 Å². The second-order valence-electron chi connectivity index (χ2n) is 7.97. The first-order valence-corrected chi connectivity index (χ1v) is 9.68. The molecule has 0 heterocycles. The molecule has 3 nitrogen and oxygen atoms in total. The lowest BCUT2D eigenvalue weighted by molar-refractivity contribution is -0.0101. The van der Waals surface area contributed by atoms with Gasteiger partial charge in [0.05, 0.1) is 5.71 Å². The zero-order valence-electron chi connectivity index (χ0n) is 14.0. The van der Waals surface area contributed by atoms with Gasteiger partial charge < -0.3 is 5.32 Å². The van der Waals surface area contributed by atoms with Crippen LogP contribution in [-0.2, 0) is 0 Å². The van der Waals surface area contributed by atoms with Gasteiger partial charge >= 0.3 is 0 Å². The van der Waals surface area contributed by atoms with E-state index in [0.717, 1.165) is 34.1 Å². The van der Waals surface area contributed by atoms with Crippen molar-refractivity contribution < 1.29 is 0 Å². The van der Waals surface area contributed by atoms with Crippen LogP contribution in [-0.4, -0.2) is 16.4 Å². The minimum atomic E-state index is 0.225. The van der Waals surface area contributed by atoms with Gasteiger partial charge in [-0.15, -0.1) is 0 Å². The molecule has 4 saturated carbocycles. The maximum atomic E-state index is 5.93. The zero-order valence-corrected chi connectivity index (χ0v) is 15.6. The lowest BCUT2D eigenvalue weighted by Gasteiger charge is -2.57. The third-order valence-electron chi connectivity index (χ3n) is 6.00. The number of benzene rings is 1. The molecular weight excluding hydrogens is 338 g/mol. The van der Waals surface area contributed by atoms with Crippen LogP contribution in [0.25, 0.3) is 0 Å². The van der Waals surface area contributed by atoms with Crippen molar-refractivity contribution in [1.82, 2.24) is 10.7 Å². The molecular formula is C19H24ClN3S. The fourth-order valence-corrected chi connectivity index (χ4v) is 5.81. The summed E-state index contributed by atoms with van der Waals surface area (Å²) in [5.41, 5.74) is 5.22. The standard InChI is InChI=1S/C19H24ClN3S/c1-12(16-2-4-17(20)5-3-16)22-23-18(24)21-19-9-13-6-14(10-19)8-15(7-13)11-19/h2-5,13-15H,6-11H2,1H3,(H2,21,23,24)/b22-12+. The highest BCUT2D eigenvalue weighted by atomic mass is 35.5. The fourth-order valence-electron chi connectivity index (χ4n) is 5.42. The predicted octanol–water partition coefficient (Wildman–Crippen LogP) is 4.50. The quantitative estimate of drug-likeness (QED) is 0.473. The Morgan fingerprint density at radius 2 is 1.62 bits per heavy atom. The summed E-state index contributed by atoms with van der Waals surface area (Å²) in [5, 5.41) is 9.47. The zero-order chi connectivity index (χ0) is 16.7. The first kappa shape index (κ1) is 16.3. The van der Waals surface area contributed by atoms with E-state index in [4.69, 9.17) is 23.8 Å². The summed E-state index contributed by atoms with van der Waals surface area (Å²) in [4.78, 5) is 0. The highest BCUT2D eigenvalue weighted by molar-refractivity contribution is 7.80. The van der Waals surface area contributed by atoms with Crippen LogP contribution in [0.4, 0.5) is 0 Å². The maximum Gasteiger partial charge on any atom is 0.187 e. The largest absolute Gasteiger partial charge is 0.356 e. The Bertz CT molecular complexity index is 632. The van der Waals surface area contributed by atoms with E-state index in [1.807, 2.05) is 31.2 Å². The van der Waals surface area contributed by atoms with Crippen LogP contribution < -0.4 is 10.7 Å². The molecule has 128 valence electrons. The van der Waals surface area contributed by atoms with Crippen molar-refractivity contribution in [2.24, 2.45) is 22.9 Å². The lowest BCUT2D eigenvalue weighted by Crippen LogP contribution is -2.61. The van der Waals surface area contributed by atoms with Gasteiger partial charge in [-0.2, -0.15) is 5.10 Å². The van der Waals surface area contributed by atoms with Crippen LogP contribution in [0.5, 0.6) is 0 Å². The van der Waals surface area contributed by atoms with Gasteiger partial charge in [-0.3, -0.25) is 5.43 Å². The molecule has 1 aromatic carbocycles. The monoisotopic (exact) mass is 361 g/mol. The molecule has 4 bridgehead atoms. The van der Waals surface area contributed by atoms with E-state index in [1.165, 1.54) is 38.5 Å². The Hall–Kier alpha value is -1.13. The van der Waals surface area contributed by atoms with Gasteiger partial charge in [0.25, 0.3) is 0 Å². The summed E-state index contributed by atoms with van der Waals surface area (Å²) in [5.74, 6) is 2.72. The number of hydrogen-bond donors (Lipinski definition) is 2. The Morgan fingerprint density at radius 1 is 1.08 bits per heavy atom. The van der Waals surface area contributed by atoms with Crippen molar-refractivity contribution in [3.63, 3.8) is 0 Å². The minimum absolute atomic E-state index is 0.225. The number of hydrazone groups is 1. The van der Waals surface area contributed by atoms with Crippen LogP contribution in [0.1, 0.15) is 51.0 Å². The summed E-state index contributed by atoms with van der Waals surface area (Å²) in [6.07, 6.45) is 8.15. The maximum absolute atomic E-state index is 5.93. The van der Waals surface area contributed by atoms with Crippen LogP contribution in [0.2, 0.25) is 5.02 Å². The molecule has 24 heavy (non-hydrogen) atoms. The Balaban J connectivity index is 1.38. The molecule has 4 fully saturated rings. The second kappa shape index (κ2) is 6.30. The SMILES string of the molecule is C/C(=N\NC(=S)NC12CC3CC(CC(C3)C1)C2)c1ccc(Cl)cc1. The van der Waals surface area contributed by atoms with Gasteiger partial charge in [-0.1, -0.05) is 23.7 Å². The molecule has 5 heteroatoms. The van der Waals surface area contributed by atoms with Gasteiger partial charge in [-0.25, -0.2) is 0 Å². The summed E-state index contributed by atoms with van der Waals surface area (Å²) in [6.45, 7) is 1.98. The number of hydrogen-bond acceptors (Lipinski definition) is 2. The first-order valence-electron chi connectivity index (χ1n) is 8.90. The number of nitrogens with zero attached hydrogens (tertiary/aromatic N) is 1. The fraction of sp³-hybridized carbons (Fsp3) is 0.579. The number of nitrogens with one attached hydrogen (secondary N) is 2. The van der Waals surface area contributed by atoms with Gasteiger partial charge in [0.2, 0.25) is 0 Å². The normalized spacial score (nSPS) is 34.2. The van der Waals surface area contributed by atoms with E-state index in [2.05, 4.69) is 15.8 Å². The van der Waals surface area contributed by atoms with Gasteiger partial charge in [0.1, 0.15) is 0 Å². The molecule has 0 aliphatic heterocycles. The molecule has 4 aliphatic rings. The Labute approximate surface area is 154 Å². The molecule has 1 aromatic rings. The second-order valence-corrected chi connectivity index (χ2v) is 8.81. The van der Waals surface area contributed by atoms with Crippen molar-refractivity contribution in [2.75, 3.05) is 0 Å². The number of halogens is 1. The number of thiocarbonyl (C=S) groups is 1. The summed E-state index contributed by atoms with van der Waals surface area (Å²) >= 11 is 11.5. The molecule has 5 rings (SSSR count). The highest BCUT2D eigenvalue weighted by Crippen LogP contribution is 2.55. The molecule has 0 saturated heterocycles. The van der Waals surface area contributed by atoms with Crippen molar-refractivity contribution in [3.8, 4) is 0 Å². The number of rotatable bonds is 3. The van der Waals surface area contributed by atoms with E-state index in [9.17, 15) is 0 Å². The molecule has 0 atom stereocenters. The lowest BCUT2D eigenvalue weighted by atomic mass is 9.53. The van der Waals surface area contributed by atoms with Crippen molar-refractivity contribution in [1.29, 1.82) is 0 Å². The summed E-state index contributed by atoms with van der Waals surface area (Å²) < 4.78 is 0. The van der Waals surface area contributed by atoms with Gasteiger partial charge in [0.15, 0.2) is 5.11 Å². The van der Waals surface area contributed by atoms with E-state index in [0.29, 0.717) is 5.11 Å². The van der Waals surface area contributed by atoms with Crippen molar-refractivity contribution >= 4 is 34.6 Å². The molecule has 0 aromatic heterocycles. The third kappa shape index (κ3) is 3.31. The van der Waals surface area contributed by atoms with Crippen molar-refractivity contribution in [2.45, 2.75) is 51.0 Å². The first-order chi connectivity index (χ1) is 11.5. The average Bonchev–Trinajstić information content (AvgIpc) is 2.51. The van der Waals surface area contributed by atoms with Crippen LogP contribution in [0, 0.1) is 17.8 Å². The van der Waals surface area contributed by atoms with Crippen LogP contribution in [0.15, 0.2) is 29.4 Å². The molecule has 4 aliphatic carbocycles. The molecule has 0 unspecified atom stereocenters. The predicted molar refractivity (Wildman–Crippen MR) is 103 cm³/mol. The topological polar surface area (TPSA) is 36.4 Å². The summed E-state index contributed by atoms with van der Waals surface area (Å²) in [6, 6.07) is 7.70. The van der Waals surface area contributed by atoms with E-state index in [-0.39, 0.29) is 5.54 Å². The third-order valence-corrected chi connectivity index (χ3v) is 6.45. The Kier molecular flexibility index (Phi) is 4.29. The average molecular weight is 362 g/mol. The highest BCUT2D eigenvalue weighted by Gasteiger charge is 2.51. The van der Waals surface area contributed by atoms with Gasteiger partial charge in [-0.05, 0) is 93.1 Å². The van der Waals surface area contributed by atoms with E-state index in [1.54, 1.807) is 0 Å². The molecule has 0 spiro atoms. The van der Waals surface area contributed by atoms with E-state index >= 15 is 0 Å². The van der Waals surface area contributed by atoms with E-state index < -0.39 is 0 Å². The van der Waals surface area contributed by atoms with Crippen molar-refractivity contribution in [3.05, 3.63) is 34.9 Å². The minimum Gasteiger partial charge on any atom is -0.356 e.